The summed E-state index contributed by atoms with van der Waals surface area (Å²) in [6.07, 6.45) is 0.737. The van der Waals surface area contributed by atoms with Crippen LogP contribution in [0.2, 0.25) is 0 Å². The lowest BCUT2D eigenvalue weighted by molar-refractivity contribution is 0.336. The Morgan fingerprint density at radius 2 is 1.91 bits per heavy atom. The number of hydrogen-bond donors (Lipinski definition) is 1. The minimum absolute atomic E-state index is 0.116. The van der Waals surface area contributed by atoms with E-state index in [0.29, 0.717) is 6.61 Å². The highest BCUT2D eigenvalue weighted by Gasteiger charge is 2.18. The van der Waals surface area contributed by atoms with Gasteiger partial charge in [-0.3, -0.25) is 4.99 Å². The first-order valence-electron chi connectivity index (χ1n) is 7.47. The average Bonchev–Trinajstić information content (AvgIpc) is 3.08. The largest absolute Gasteiger partial charge is 0.497 e. The Labute approximate surface area is 130 Å². The fourth-order valence-corrected chi connectivity index (χ4v) is 2.50. The fourth-order valence-electron chi connectivity index (χ4n) is 2.50. The van der Waals surface area contributed by atoms with Crippen molar-refractivity contribution in [1.82, 2.24) is 0 Å². The minimum atomic E-state index is 0.116. The molecule has 0 saturated heterocycles. The normalized spacial score (nSPS) is 14.9. The third-order valence-electron chi connectivity index (χ3n) is 3.66. The molecule has 114 valence electrons. The number of benzene rings is 2. The van der Waals surface area contributed by atoms with E-state index in [1.165, 1.54) is 5.56 Å². The first kappa shape index (κ1) is 14.4. The molecular weight excluding hydrogens is 276 g/mol. The maximum absolute atomic E-state index is 5.57. The highest BCUT2D eigenvalue weighted by Crippen LogP contribution is 2.26. The molecule has 0 bridgehead atoms. The number of nitrogens with zero attached hydrogens (tertiary/aromatic N) is 1. The third kappa shape index (κ3) is 3.58. The molecule has 0 aromatic heterocycles. The maximum Gasteiger partial charge on any atom is 0.185 e. The van der Waals surface area contributed by atoms with Gasteiger partial charge >= 0.3 is 0 Å². The highest BCUT2D eigenvalue weighted by molar-refractivity contribution is 5.78. The van der Waals surface area contributed by atoms with Gasteiger partial charge < -0.3 is 14.8 Å². The summed E-state index contributed by atoms with van der Waals surface area (Å²) in [5.74, 6) is 1.68. The average molecular weight is 296 g/mol. The molecule has 1 atom stereocenters. The van der Waals surface area contributed by atoms with Crippen LogP contribution in [0.15, 0.2) is 59.6 Å². The lowest BCUT2D eigenvalue weighted by Gasteiger charge is -2.20. The van der Waals surface area contributed by atoms with E-state index in [-0.39, 0.29) is 6.04 Å². The van der Waals surface area contributed by atoms with Crippen molar-refractivity contribution in [2.24, 2.45) is 4.99 Å². The van der Waals surface area contributed by atoms with Gasteiger partial charge in [0.1, 0.15) is 12.4 Å². The van der Waals surface area contributed by atoms with Gasteiger partial charge in [0, 0.05) is 12.1 Å². The summed E-state index contributed by atoms with van der Waals surface area (Å²) in [4.78, 5) is 4.41. The van der Waals surface area contributed by atoms with Crippen LogP contribution in [0.3, 0.4) is 0 Å². The predicted octanol–water partition coefficient (Wildman–Crippen LogP) is 3.67. The van der Waals surface area contributed by atoms with Crippen LogP contribution in [0.25, 0.3) is 0 Å². The Morgan fingerprint density at radius 3 is 2.55 bits per heavy atom. The van der Waals surface area contributed by atoms with E-state index in [9.17, 15) is 0 Å². The van der Waals surface area contributed by atoms with Crippen molar-refractivity contribution in [2.45, 2.75) is 12.5 Å². The Morgan fingerprint density at radius 1 is 1.14 bits per heavy atom. The molecule has 0 spiro atoms. The van der Waals surface area contributed by atoms with Gasteiger partial charge in [-0.05, 0) is 29.8 Å². The molecule has 2 aromatic carbocycles. The Hall–Kier alpha value is -2.49. The predicted molar refractivity (Wildman–Crippen MR) is 88.7 cm³/mol. The van der Waals surface area contributed by atoms with E-state index < -0.39 is 0 Å². The van der Waals surface area contributed by atoms with Crippen molar-refractivity contribution in [3.8, 4) is 5.75 Å². The molecule has 1 N–H and O–H groups in total. The van der Waals surface area contributed by atoms with E-state index in [1.54, 1.807) is 7.11 Å². The van der Waals surface area contributed by atoms with Gasteiger partial charge in [0.2, 0.25) is 0 Å². The standard InChI is InChI=1S/C18H20N2O2/c1-21-16-9-7-14(8-10-16)17(13-18-19-11-12-22-18)20-15-5-3-2-4-6-15/h2-10,17,20H,11-13H2,1H3/t17-/m1/s1. The molecular formula is C18H20N2O2. The number of hydrogen-bond acceptors (Lipinski definition) is 4. The molecule has 3 rings (SSSR count). The monoisotopic (exact) mass is 296 g/mol. The molecule has 1 aliphatic heterocycles. The number of anilines is 1. The van der Waals surface area contributed by atoms with Crippen molar-refractivity contribution in [2.75, 3.05) is 25.6 Å². The van der Waals surface area contributed by atoms with Crippen LogP contribution in [-0.2, 0) is 4.74 Å². The van der Waals surface area contributed by atoms with Crippen LogP contribution in [-0.4, -0.2) is 26.2 Å². The topological polar surface area (TPSA) is 42.9 Å². The number of rotatable bonds is 6. The van der Waals surface area contributed by atoms with Crippen LogP contribution in [0.5, 0.6) is 5.75 Å². The van der Waals surface area contributed by atoms with Crippen molar-refractivity contribution in [1.29, 1.82) is 0 Å². The first-order chi connectivity index (χ1) is 10.8. The van der Waals surface area contributed by atoms with E-state index >= 15 is 0 Å². The Kier molecular flexibility index (Phi) is 4.59. The lowest BCUT2D eigenvalue weighted by atomic mass is 10.0. The molecule has 4 heteroatoms. The SMILES string of the molecule is COc1ccc([C@@H](CC2=NCCO2)Nc2ccccc2)cc1. The molecule has 0 unspecified atom stereocenters. The summed E-state index contributed by atoms with van der Waals surface area (Å²) < 4.78 is 10.8. The smallest absolute Gasteiger partial charge is 0.185 e. The molecule has 0 amide bonds. The molecule has 0 aliphatic carbocycles. The zero-order valence-corrected chi connectivity index (χ0v) is 12.7. The number of nitrogens with one attached hydrogen (secondary N) is 1. The zero-order valence-electron chi connectivity index (χ0n) is 12.7. The summed E-state index contributed by atoms with van der Waals surface area (Å²) in [6.45, 7) is 1.45. The van der Waals surface area contributed by atoms with Gasteiger partial charge in [-0.2, -0.15) is 0 Å². The number of methoxy groups -OCH3 is 1. The minimum Gasteiger partial charge on any atom is -0.497 e. The van der Waals surface area contributed by atoms with E-state index in [0.717, 1.165) is 30.3 Å². The highest BCUT2D eigenvalue weighted by atomic mass is 16.5. The van der Waals surface area contributed by atoms with Crippen LogP contribution in [0.4, 0.5) is 5.69 Å². The van der Waals surface area contributed by atoms with Crippen LogP contribution < -0.4 is 10.1 Å². The first-order valence-corrected chi connectivity index (χ1v) is 7.47. The molecule has 22 heavy (non-hydrogen) atoms. The number of aliphatic imine (C=N–C) groups is 1. The van der Waals surface area contributed by atoms with Crippen molar-refractivity contribution < 1.29 is 9.47 Å². The number of ether oxygens (including phenoxy) is 2. The molecule has 0 fully saturated rings. The van der Waals surface area contributed by atoms with Crippen molar-refractivity contribution in [3.05, 3.63) is 60.2 Å². The number of para-hydroxylation sites is 1. The van der Waals surface area contributed by atoms with Crippen molar-refractivity contribution >= 4 is 11.6 Å². The summed E-state index contributed by atoms with van der Waals surface area (Å²) in [5, 5.41) is 3.56. The van der Waals surface area contributed by atoms with Gasteiger partial charge in [0.05, 0.1) is 19.7 Å². The molecule has 2 aromatic rings. The second-order valence-electron chi connectivity index (χ2n) is 5.16. The summed E-state index contributed by atoms with van der Waals surface area (Å²) in [5.41, 5.74) is 2.27. The van der Waals surface area contributed by atoms with Crippen LogP contribution >= 0.6 is 0 Å². The summed E-state index contributed by atoms with van der Waals surface area (Å²) in [7, 11) is 1.68. The molecule has 0 radical (unpaired) electrons. The second-order valence-corrected chi connectivity index (χ2v) is 5.16. The van der Waals surface area contributed by atoms with Gasteiger partial charge in [0.15, 0.2) is 5.90 Å². The third-order valence-corrected chi connectivity index (χ3v) is 3.66. The second kappa shape index (κ2) is 6.98. The molecule has 0 saturated carbocycles. The van der Waals surface area contributed by atoms with Gasteiger partial charge in [-0.25, -0.2) is 0 Å². The summed E-state index contributed by atoms with van der Waals surface area (Å²) in [6, 6.07) is 18.4. The van der Waals surface area contributed by atoms with Gasteiger partial charge in [-0.1, -0.05) is 30.3 Å². The van der Waals surface area contributed by atoms with Crippen LogP contribution in [0, 0.1) is 0 Å². The quantitative estimate of drug-likeness (QED) is 0.884. The maximum atomic E-state index is 5.57. The van der Waals surface area contributed by atoms with E-state index in [2.05, 4.69) is 34.6 Å². The molecule has 1 heterocycles. The summed E-state index contributed by atoms with van der Waals surface area (Å²) >= 11 is 0. The van der Waals surface area contributed by atoms with Gasteiger partial charge in [-0.15, -0.1) is 0 Å². The van der Waals surface area contributed by atoms with Crippen molar-refractivity contribution in [3.63, 3.8) is 0 Å². The van der Waals surface area contributed by atoms with Gasteiger partial charge in [0.25, 0.3) is 0 Å². The van der Waals surface area contributed by atoms with E-state index in [1.807, 2.05) is 30.3 Å². The van der Waals surface area contributed by atoms with Crippen LogP contribution in [0.1, 0.15) is 18.0 Å². The Bertz CT molecular complexity index is 623. The zero-order chi connectivity index (χ0) is 15.2. The molecule has 1 aliphatic rings. The Balaban J connectivity index is 1.80. The van der Waals surface area contributed by atoms with E-state index in [4.69, 9.17) is 9.47 Å². The lowest BCUT2D eigenvalue weighted by Crippen LogP contribution is -2.15. The molecule has 4 nitrogen and oxygen atoms in total. The fraction of sp³-hybridized carbons (Fsp3) is 0.278.